The van der Waals surface area contributed by atoms with Gasteiger partial charge in [0.05, 0.1) is 18.1 Å². The van der Waals surface area contributed by atoms with Crippen molar-refractivity contribution < 1.29 is 14.3 Å². The minimum Gasteiger partial charge on any atom is -0.453 e. The topological polar surface area (TPSA) is 90.6 Å². The fraction of sp³-hybridized carbons (Fsp3) is 0.348. The second-order valence-electron chi connectivity index (χ2n) is 8.06. The Hall–Kier alpha value is -3.20. The van der Waals surface area contributed by atoms with Gasteiger partial charge in [-0.2, -0.15) is 0 Å². The van der Waals surface area contributed by atoms with Crippen LogP contribution in [0.3, 0.4) is 0 Å². The first kappa shape index (κ1) is 20.7. The molecule has 1 aliphatic carbocycles. The maximum Gasteiger partial charge on any atom is 0.413 e. The first-order chi connectivity index (χ1) is 15.6. The molecule has 0 radical (unpaired) electrons. The van der Waals surface area contributed by atoms with Crippen molar-refractivity contribution in [3.63, 3.8) is 0 Å². The van der Waals surface area contributed by atoms with Crippen LogP contribution in [0.25, 0.3) is 11.0 Å². The van der Waals surface area contributed by atoms with Gasteiger partial charge >= 0.3 is 6.09 Å². The molecule has 0 spiro atoms. The molecule has 0 bridgehead atoms. The quantitative estimate of drug-likeness (QED) is 0.610. The minimum atomic E-state index is -0.560. The van der Waals surface area contributed by atoms with Gasteiger partial charge in [0.1, 0.15) is 0 Å². The number of methoxy groups -OCH3 is 1. The van der Waals surface area contributed by atoms with Gasteiger partial charge in [-0.25, -0.2) is 9.78 Å². The molecule has 2 aliphatic rings. The van der Waals surface area contributed by atoms with Gasteiger partial charge in [-0.1, -0.05) is 11.8 Å². The lowest BCUT2D eigenvalue weighted by Gasteiger charge is -2.36. The normalized spacial score (nSPS) is 16.3. The van der Waals surface area contributed by atoms with E-state index in [0.29, 0.717) is 17.8 Å². The Bertz CT molecular complexity index is 1130. The van der Waals surface area contributed by atoms with E-state index in [0.717, 1.165) is 59.8 Å². The molecule has 5 rings (SSSR count). The summed E-state index contributed by atoms with van der Waals surface area (Å²) in [7, 11) is 1.31. The van der Waals surface area contributed by atoms with E-state index >= 15 is 0 Å². The van der Waals surface area contributed by atoms with Gasteiger partial charge in [-0.15, -0.1) is 0 Å². The maximum atomic E-state index is 12.2. The number of fused-ring (bicyclic) bond motifs is 1. The van der Waals surface area contributed by atoms with Crippen LogP contribution in [0, 0.1) is 5.92 Å². The number of aromatic amines is 1. The van der Waals surface area contributed by atoms with Crippen molar-refractivity contribution in [1.29, 1.82) is 0 Å². The monoisotopic (exact) mass is 451 g/mol. The van der Waals surface area contributed by atoms with Crippen LogP contribution in [-0.4, -0.2) is 60.2 Å². The lowest BCUT2D eigenvalue weighted by Crippen LogP contribution is -2.49. The zero-order chi connectivity index (χ0) is 22.1. The van der Waals surface area contributed by atoms with Gasteiger partial charge in [-0.05, 0) is 55.3 Å². The van der Waals surface area contributed by atoms with Gasteiger partial charge in [0.15, 0.2) is 0 Å². The van der Waals surface area contributed by atoms with E-state index in [-0.39, 0.29) is 0 Å². The predicted octanol–water partition coefficient (Wildman–Crippen LogP) is 3.95. The first-order valence-corrected chi connectivity index (χ1v) is 11.6. The molecule has 2 fully saturated rings. The van der Waals surface area contributed by atoms with Gasteiger partial charge in [-0.3, -0.25) is 10.1 Å². The summed E-state index contributed by atoms with van der Waals surface area (Å²) in [6, 6.07) is 14.5. The zero-order valence-electron chi connectivity index (χ0n) is 17.8. The predicted molar refractivity (Wildman–Crippen MR) is 124 cm³/mol. The molecule has 0 unspecified atom stereocenters. The Morgan fingerprint density at radius 1 is 1.06 bits per heavy atom. The number of rotatable bonds is 5. The molecule has 1 aliphatic heterocycles. The number of H-pyrrole nitrogens is 1. The second kappa shape index (κ2) is 8.74. The van der Waals surface area contributed by atoms with Gasteiger partial charge < -0.3 is 19.5 Å². The molecule has 166 valence electrons. The van der Waals surface area contributed by atoms with Crippen LogP contribution in [0.5, 0.6) is 0 Å². The van der Waals surface area contributed by atoms with Gasteiger partial charge in [0.2, 0.25) is 11.9 Å². The number of carbonyl (C=O) groups excluding carboxylic acids is 2. The molecule has 1 saturated heterocycles. The van der Waals surface area contributed by atoms with Crippen molar-refractivity contribution in [3.05, 3.63) is 42.5 Å². The Morgan fingerprint density at radius 2 is 1.78 bits per heavy atom. The molecule has 9 heteroatoms. The van der Waals surface area contributed by atoms with Crippen LogP contribution < -0.4 is 10.2 Å². The first-order valence-electron chi connectivity index (χ1n) is 10.8. The van der Waals surface area contributed by atoms with Crippen LogP contribution >= 0.6 is 11.8 Å². The SMILES string of the molecule is COC(=O)Nc1nc2cc(Sc3ccc(N4CCN(C(=O)C5CC5)CC4)cc3)ccc2[nH]1. The Labute approximate surface area is 190 Å². The third-order valence-corrected chi connectivity index (χ3v) is 6.81. The smallest absolute Gasteiger partial charge is 0.413 e. The number of anilines is 2. The van der Waals surface area contributed by atoms with E-state index in [1.807, 2.05) is 23.1 Å². The van der Waals surface area contributed by atoms with Crippen LogP contribution in [0.4, 0.5) is 16.4 Å². The van der Waals surface area contributed by atoms with E-state index < -0.39 is 6.09 Å². The number of hydrogen-bond donors (Lipinski definition) is 2. The Kier molecular flexibility index (Phi) is 5.65. The van der Waals surface area contributed by atoms with Crippen molar-refractivity contribution in [1.82, 2.24) is 14.9 Å². The molecule has 2 aromatic carbocycles. The fourth-order valence-electron chi connectivity index (χ4n) is 3.89. The Balaban J connectivity index is 1.20. The van der Waals surface area contributed by atoms with E-state index in [9.17, 15) is 9.59 Å². The lowest BCUT2D eigenvalue weighted by molar-refractivity contribution is -0.132. The standard InChI is InChI=1S/C23H25N5O3S/c1-31-23(30)26-22-24-19-9-8-18(14-20(19)25-22)32-17-6-4-16(5-7-17)27-10-12-28(13-11-27)21(29)15-2-3-15/h4-9,14-15H,2-3,10-13H2,1H3,(H2,24,25,26,30). The van der Waals surface area contributed by atoms with Gasteiger partial charge in [0.25, 0.3) is 0 Å². The van der Waals surface area contributed by atoms with E-state index in [1.54, 1.807) is 11.8 Å². The summed E-state index contributed by atoms with van der Waals surface area (Å²) in [5, 5.41) is 2.54. The van der Waals surface area contributed by atoms with Crippen molar-refractivity contribution in [3.8, 4) is 0 Å². The second-order valence-corrected chi connectivity index (χ2v) is 9.21. The van der Waals surface area contributed by atoms with E-state index in [4.69, 9.17) is 0 Å². The molecule has 2 amide bonds. The zero-order valence-corrected chi connectivity index (χ0v) is 18.7. The number of nitrogens with one attached hydrogen (secondary N) is 2. The largest absolute Gasteiger partial charge is 0.453 e. The van der Waals surface area contributed by atoms with Crippen molar-refractivity contribution in [2.45, 2.75) is 22.6 Å². The number of nitrogens with zero attached hydrogens (tertiary/aromatic N) is 3. The molecule has 2 heterocycles. The highest BCUT2D eigenvalue weighted by Crippen LogP contribution is 2.33. The number of carbonyl (C=O) groups is 2. The highest BCUT2D eigenvalue weighted by atomic mass is 32.2. The number of piperazine rings is 1. The molecule has 2 N–H and O–H groups in total. The summed E-state index contributed by atoms with van der Waals surface area (Å²) >= 11 is 1.66. The molecular weight excluding hydrogens is 426 g/mol. The summed E-state index contributed by atoms with van der Waals surface area (Å²) in [5.74, 6) is 1.00. The van der Waals surface area contributed by atoms with E-state index in [1.165, 1.54) is 12.8 Å². The average Bonchev–Trinajstić information content (AvgIpc) is 3.59. The number of ether oxygens (including phenoxy) is 1. The summed E-state index contributed by atoms with van der Waals surface area (Å²) in [4.78, 5) is 37.6. The summed E-state index contributed by atoms with van der Waals surface area (Å²) < 4.78 is 4.60. The third-order valence-electron chi connectivity index (χ3n) is 5.82. The number of aromatic nitrogens is 2. The summed E-state index contributed by atoms with van der Waals surface area (Å²) in [5.41, 5.74) is 2.81. The van der Waals surface area contributed by atoms with Crippen LogP contribution in [0.1, 0.15) is 12.8 Å². The molecule has 0 atom stereocenters. The molecule has 32 heavy (non-hydrogen) atoms. The van der Waals surface area contributed by atoms with Crippen LogP contribution in [0.15, 0.2) is 52.3 Å². The highest BCUT2D eigenvalue weighted by molar-refractivity contribution is 7.99. The Morgan fingerprint density at radius 3 is 2.47 bits per heavy atom. The lowest BCUT2D eigenvalue weighted by atomic mass is 10.2. The minimum absolute atomic E-state index is 0.300. The molecule has 1 aromatic heterocycles. The van der Waals surface area contributed by atoms with E-state index in [2.05, 4.69) is 49.2 Å². The molecule has 8 nitrogen and oxygen atoms in total. The highest BCUT2D eigenvalue weighted by Gasteiger charge is 2.34. The van der Waals surface area contributed by atoms with Crippen molar-refractivity contribution in [2.24, 2.45) is 5.92 Å². The number of benzene rings is 2. The number of amides is 2. The van der Waals surface area contributed by atoms with Crippen LogP contribution in [-0.2, 0) is 9.53 Å². The number of hydrogen-bond acceptors (Lipinski definition) is 6. The maximum absolute atomic E-state index is 12.2. The molecule has 1 saturated carbocycles. The molecular formula is C23H25N5O3S. The van der Waals surface area contributed by atoms with Crippen molar-refractivity contribution >= 4 is 46.4 Å². The average molecular weight is 452 g/mol. The van der Waals surface area contributed by atoms with Crippen molar-refractivity contribution in [2.75, 3.05) is 43.5 Å². The number of imidazole rings is 1. The summed E-state index contributed by atoms with van der Waals surface area (Å²) in [6.45, 7) is 3.37. The third kappa shape index (κ3) is 4.52. The summed E-state index contributed by atoms with van der Waals surface area (Å²) in [6.07, 6.45) is 1.57. The van der Waals surface area contributed by atoms with Gasteiger partial charge in [0, 0.05) is 47.6 Å². The molecule has 3 aromatic rings. The van der Waals surface area contributed by atoms with Crippen LogP contribution in [0.2, 0.25) is 0 Å². The fourth-order valence-corrected chi connectivity index (χ4v) is 4.74.